The van der Waals surface area contributed by atoms with E-state index in [1.165, 1.54) is 12.1 Å². The number of piperidine rings is 1. The maximum Gasteiger partial charge on any atom is 0.241 e. The van der Waals surface area contributed by atoms with Crippen LogP contribution in [0.3, 0.4) is 0 Å². The standard InChI is InChI=1S/C23H24ClFN4O2/c1-14-19(24)9-4-10-20(14)26-22(30)15(2)29-11-5-7-17(13-29)23-27-21(28-31-23)16-6-3-8-18(25)12-16/h3-4,6,8-10,12,15,17H,5,7,11,13H2,1-2H3,(H,26,30). The fourth-order valence-corrected chi connectivity index (χ4v) is 4.03. The number of anilines is 1. The van der Waals surface area contributed by atoms with Gasteiger partial charge in [-0.25, -0.2) is 4.39 Å². The minimum absolute atomic E-state index is 0.0201. The van der Waals surface area contributed by atoms with Gasteiger partial charge in [-0.3, -0.25) is 9.69 Å². The Labute approximate surface area is 185 Å². The fourth-order valence-electron chi connectivity index (χ4n) is 3.85. The molecule has 0 saturated carbocycles. The van der Waals surface area contributed by atoms with Crippen LogP contribution in [-0.4, -0.2) is 40.1 Å². The van der Waals surface area contributed by atoms with Crippen LogP contribution in [0.25, 0.3) is 11.4 Å². The summed E-state index contributed by atoms with van der Waals surface area (Å²) < 4.78 is 19.0. The van der Waals surface area contributed by atoms with E-state index in [0.29, 0.717) is 28.8 Å². The molecule has 162 valence electrons. The van der Waals surface area contributed by atoms with Crippen molar-refractivity contribution >= 4 is 23.2 Å². The van der Waals surface area contributed by atoms with Gasteiger partial charge in [0.2, 0.25) is 17.6 Å². The highest BCUT2D eigenvalue weighted by Crippen LogP contribution is 2.29. The minimum Gasteiger partial charge on any atom is -0.339 e. The van der Waals surface area contributed by atoms with Crippen LogP contribution in [0.5, 0.6) is 0 Å². The summed E-state index contributed by atoms with van der Waals surface area (Å²) in [5.41, 5.74) is 2.14. The number of nitrogens with zero attached hydrogens (tertiary/aromatic N) is 3. The second-order valence-corrected chi connectivity index (χ2v) is 8.29. The van der Waals surface area contributed by atoms with Crippen molar-refractivity contribution in [2.24, 2.45) is 0 Å². The Hall–Kier alpha value is -2.77. The highest BCUT2D eigenvalue weighted by atomic mass is 35.5. The smallest absolute Gasteiger partial charge is 0.241 e. The molecular weight excluding hydrogens is 419 g/mol. The van der Waals surface area contributed by atoms with Crippen molar-refractivity contribution in [2.75, 3.05) is 18.4 Å². The van der Waals surface area contributed by atoms with E-state index in [0.717, 1.165) is 30.6 Å². The summed E-state index contributed by atoms with van der Waals surface area (Å²) in [7, 11) is 0. The molecule has 0 radical (unpaired) electrons. The second-order valence-electron chi connectivity index (χ2n) is 7.88. The third-order valence-corrected chi connectivity index (χ3v) is 6.19. The molecule has 2 heterocycles. The summed E-state index contributed by atoms with van der Waals surface area (Å²) >= 11 is 6.16. The van der Waals surface area contributed by atoms with Crippen LogP contribution in [0.2, 0.25) is 5.02 Å². The van der Waals surface area contributed by atoms with E-state index in [1.54, 1.807) is 18.2 Å². The first-order valence-corrected chi connectivity index (χ1v) is 10.7. The van der Waals surface area contributed by atoms with Crippen LogP contribution in [-0.2, 0) is 4.79 Å². The summed E-state index contributed by atoms with van der Waals surface area (Å²) in [5, 5.41) is 7.62. The van der Waals surface area contributed by atoms with E-state index >= 15 is 0 Å². The first-order valence-electron chi connectivity index (χ1n) is 10.3. The monoisotopic (exact) mass is 442 g/mol. The van der Waals surface area contributed by atoms with E-state index in [-0.39, 0.29) is 23.7 Å². The lowest BCUT2D eigenvalue weighted by atomic mass is 9.96. The number of likely N-dealkylation sites (tertiary alicyclic amines) is 1. The molecule has 2 atom stereocenters. The topological polar surface area (TPSA) is 71.3 Å². The lowest BCUT2D eigenvalue weighted by Crippen LogP contribution is -2.46. The normalized spacial score (nSPS) is 18.0. The minimum atomic E-state index is -0.345. The van der Waals surface area contributed by atoms with Crippen molar-refractivity contribution in [1.29, 1.82) is 0 Å². The van der Waals surface area contributed by atoms with Gasteiger partial charge in [-0.15, -0.1) is 0 Å². The molecule has 0 spiro atoms. The number of halogens is 2. The van der Waals surface area contributed by atoms with Gasteiger partial charge in [0, 0.05) is 22.8 Å². The lowest BCUT2D eigenvalue weighted by Gasteiger charge is -2.34. The first kappa shape index (κ1) is 21.5. The van der Waals surface area contributed by atoms with Gasteiger partial charge in [-0.1, -0.05) is 35.0 Å². The zero-order valence-corrected chi connectivity index (χ0v) is 18.2. The summed E-state index contributed by atoms with van der Waals surface area (Å²) in [6.45, 7) is 5.22. The highest BCUT2D eigenvalue weighted by molar-refractivity contribution is 6.31. The third kappa shape index (κ3) is 4.78. The number of nitrogens with one attached hydrogen (secondary N) is 1. The van der Waals surface area contributed by atoms with Gasteiger partial charge < -0.3 is 9.84 Å². The Kier molecular flexibility index (Phi) is 6.34. The zero-order valence-electron chi connectivity index (χ0n) is 17.4. The molecule has 1 aromatic heterocycles. The Bertz CT molecular complexity index is 1090. The number of rotatable bonds is 5. The summed E-state index contributed by atoms with van der Waals surface area (Å²) in [6, 6.07) is 11.3. The molecule has 1 N–H and O–H groups in total. The zero-order chi connectivity index (χ0) is 22.0. The fraction of sp³-hybridized carbons (Fsp3) is 0.348. The molecule has 1 saturated heterocycles. The Balaban J connectivity index is 1.43. The van der Waals surface area contributed by atoms with Crippen LogP contribution in [0.1, 0.15) is 37.1 Å². The van der Waals surface area contributed by atoms with Crippen LogP contribution in [0.15, 0.2) is 47.0 Å². The SMILES string of the molecule is Cc1c(Cl)cccc1NC(=O)C(C)N1CCCC(c2nc(-c3cccc(F)c3)no2)C1. The molecule has 31 heavy (non-hydrogen) atoms. The van der Waals surface area contributed by atoms with Gasteiger partial charge in [0.05, 0.1) is 12.0 Å². The molecule has 1 aliphatic heterocycles. The average Bonchev–Trinajstić information content (AvgIpc) is 3.27. The van der Waals surface area contributed by atoms with Crippen LogP contribution < -0.4 is 5.32 Å². The van der Waals surface area contributed by atoms with Gasteiger partial charge in [0.15, 0.2) is 0 Å². The van der Waals surface area contributed by atoms with Crippen LogP contribution in [0, 0.1) is 12.7 Å². The van der Waals surface area contributed by atoms with E-state index in [9.17, 15) is 9.18 Å². The van der Waals surface area contributed by atoms with Gasteiger partial charge in [0.1, 0.15) is 5.82 Å². The van der Waals surface area contributed by atoms with Gasteiger partial charge >= 0.3 is 0 Å². The van der Waals surface area contributed by atoms with Crippen molar-refractivity contribution in [2.45, 2.75) is 38.6 Å². The molecule has 0 bridgehead atoms. The van der Waals surface area contributed by atoms with E-state index < -0.39 is 0 Å². The molecule has 2 unspecified atom stereocenters. The maximum atomic E-state index is 13.5. The summed E-state index contributed by atoms with van der Waals surface area (Å²) in [5.74, 6) is 0.474. The summed E-state index contributed by atoms with van der Waals surface area (Å²) in [6.07, 6.45) is 1.80. The molecule has 0 aliphatic carbocycles. The van der Waals surface area contributed by atoms with Crippen molar-refractivity contribution in [3.63, 3.8) is 0 Å². The van der Waals surface area contributed by atoms with E-state index in [4.69, 9.17) is 16.1 Å². The number of carbonyl (C=O) groups is 1. The number of hydrogen-bond acceptors (Lipinski definition) is 5. The molecule has 8 heteroatoms. The van der Waals surface area contributed by atoms with E-state index in [2.05, 4.69) is 20.4 Å². The van der Waals surface area contributed by atoms with Crippen molar-refractivity contribution in [1.82, 2.24) is 15.0 Å². The molecule has 3 aromatic rings. The number of aromatic nitrogens is 2. The molecule has 1 fully saturated rings. The van der Waals surface area contributed by atoms with E-state index in [1.807, 2.05) is 26.0 Å². The molecular formula is C23H24ClFN4O2. The number of benzene rings is 2. The largest absolute Gasteiger partial charge is 0.339 e. The maximum absolute atomic E-state index is 13.5. The third-order valence-electron chi connectivity index (χ3n) is 5.78. The lowest BCUT2D eigenvalue weighted by molar-refractivity contribution is -0.121. The second kappa shape index (κ2) is 9.16. The van der Waals surface area contributed by atoms with Crippen LogP contribution >= 0.6 is 11.6 Å². The van der Waals surface area contributed by atoms with Gasteiger partial charge in [-0.2, -0.15) is 4.98 Å². The quantitative estimate of drug-likeness (QED) is 0.599. The Morgan fingerprint density at radius 1 is 1.32 bits per heavy atom. The highest BCUT2D eigenvalue weighted by Gasteiger charge is 2.31. The van der Waals surface area contributed by atoms with Crippen molar-refractivity contribution in [3.8, 4) is 11.4 Å². The molecule has 1 aliphatic rings. The molecule has 2 aromatic carbocycles. The first-order chi connectivity index (χ1) is 14.9. The predicted molar refractivity (Wildman–Crippen MR) is 118 cm³/mol. The molecule has 1 amide bonds. The Morgan fingerprint density at radius 3 is 2.94 bits per heavy atom. The van der Waals surface area contributed by atoms with Gasteiger partial charge in [-0.05, 0) is 63.1 Å². The number of carbonyl (C=O) groups excluding carboxylic acids is 1. The predicted octanol–water partition coefficient (Wildman–Crippen LogP) is 5.04. The number of hydrogen-bond donors (Lipinski definition) is 1. The summed E-state index contributed by atoms with van der Waals surface area (Å²) in [4.78, 5) is 19.5. The molecule has 4 rings (SSSR count). The van der Waals surface area contributed by atoms with Crippen molar-refractivity contribution < 1.29 is 13.7 Å². The number of amides is 1. The van der Waals surface area contributed by atoms with Gasteiger partial charge in [0.25, 0.3) is 0 Å². The van der Waals surface area contributed by atoms with Crippen LogP contribution in [0.4, 0.5) is 10.1 Å². The average molecular weight is 443 g/mol. The van der Waals surface area contributed by atoms with Crippen molar-refractivity contribution in [3.05, 3.63) is 64.8 Å². The molecule has 6 nitrogen and oxygen atoms in total. The Morgan fingerprint density at radius 2 is 2.13 bits per heavy atom.